The Morgan fingerprint density at radius 1 is 1.15 bits per heavy atom. The average molecular weight is 366 g/mol. The van der Waals surface area contributed by atoms with Gasteiger partial charge in [0.1, 0.15) is 11.9 Å². The van der Waals surface area contributed by atoms with Gasteiger partial charge in [-0.2, -0.15) is 0 Å². The van der Waals surface area contributed by atoms with E-state index in [0.29, 0.717) is 6.04 Å². The summed E-state index contributed by atoms with van der Waals surface area (Å²) in [6.45, 7) is 0. The number of amides is 1. The van der Waals surface area contributed by atoms with Crippen molar-refractivity contribution in [3.8, 4) is 11.3 Å². The van der Waals surface area contributed by atoms with Crippen LogP contribution >= 0.6 is 0 Å². The van der Waals surface area contributed by atoms with Gasteiger partial charge in [-0.15, -0.1) is 5.10 Å². The van der Waals surface area contributed by atoms with Crippen LogP contribution < -0.4 is 10.6 Å². The minimum atomic E-state index is -0.359. The monoisotopic (exact) mass is 366 g/mol. The second kappa shape index (κ2) is 7.61. The molecule has 1 aliphatic rings. The van der Waals surface area contributed by atoms with Gasteiger partial charge in [0.25, 0.3) is 0 Å². The molecule has 0 radical (unpaired) electrons. The number of hydrogen-bond acceptors (Lipinski definition) is 6. The van der Waals surface area contributed by atoms with Crippen molar-refractivity contribution >= 4 is 17.6 Å². The van der Waals surface area contributed by atoms with E-state index in [1.165, 1.54) is 0 Å². The van der Waals surface area contributed by atoms with Gasteiger partial charge in [-0.3, -0.25) is 4.98 Å². The molecule has 1 fully saturated rings. The van der Waals surface area contributed by atoms with Crippen molar-refractivity contribution < 1.29 is 9.53 Å². The molecule has 3 aromatic heterocycles. The average Bonchev–Trinajstić information content (AvgIpc) is 3.13. The highest BCUT2D eigenvalue weighted by molar-refractivity contribution is 5.66. The first-order valence-corrected chi connectivity index (χ1v) is 9.13. The Morgan fingerprint density at radius 3 is 2.67 bits per heavy atom. The summed E-state index contributed by atoms with van der Waals surface area (Å²) in [5.41, 5.74) is 2.75. The summed E-state index contributed by atoms with van der Waals surface area (Å²) >= 11 is 0. The molecule has 1 saturated carbocycles. The van der Waals surface area contributed by atoms with Gasteiger partial charge in [0, 0.05) is 31.0 Å². The number of carbonyl (C=O) groups excluding carboxylic acids is 1. The van der Waals surface area contributed by atoms with Gasteiger partial charge in [-0.05, 0) is 49.9 Å². The number of alkyl carbamates (subject to hydrolysis) is 1. The highest BCUT2D eigenvalue weighted by Gasteiger charge is 2.24. The maximum atomic E-state index is 11.3. The van der Waals surface area contributed by atoms with Crippen molar-refractivity contribution in [3.63, 3.8) is 0 Å². The zero-order valence-corrected chi connectivity index (χ0v) is 15.1. The summed E-state index contributed by atoms with van der Waals surface area (Å²) in [6, 6.07) is 8.11. The number of carbonyl (C=O) groups is 1. The molecule has 2 N–H and O–H groups in total. The fourth-order valence-electron chi connectivity index (χ4n) is 3.41. The van der Waals surface area contributed by atoms with Crippen LogP contribution in [0.15, 0.2) is 42.9 Å². The molecule has 0 spiro atoms. The van der Waals surface area contributed by atoms with Gasteiger partial charge < -0.3 is 15.4 Å². The van der Waals surface area contributed by atoms with Crippen molar-refractivity contribution in [3.05, 3.63) is 42.9 Å². The Kier molecular flexibility index (Phi) is 4.86. The number of fused-ring (bicyclic) bond motifs is 1. The number of rotatable bonds is 4. The van der Waals surface area contributed by atoms with Crippen LogP contribution in [0.3, 0.4) is 0 Å². The quantitative estimate of drug-likeness (QED) is 0.737. The third kappa shape index (κ3) is 3.84. The molecule has 8 nitrogen and oxygen atoms in total. The molecule has 8 heteroatoms. The zero-order chi connectivity index (χ0) is 18.6. The lowest BCUT2D eigenvalue weighted by atomic mass is 9.93. The smallest absolute Gasteiger partial charge is 0.407 e. The number of nitrogens with one attached hydrogen (secondary N) is 2. The van der Waals surface area contributed by atoms with E-state index in [1.54, 1.807) is 19.4 Å². The van der Waals surface area contributed by atoms with Gasteiger partial charge in [-0.1, -0.05) is 0 Å². The summed E-state index contributed by atoms with van der Waals surface area (Å²) in [7, 11) is 1.58. The predicted octanol–water partition coefficient (Wildman–Crippen LogP) is 2.87. The van der Waals surface area contributed by atoms with Crippen LogP contribution in [0.5, 0.6) is 0 Å². The largest absolute Gasteiger partial charge is 0.446 e. The minimum absolute atomic E-state index is 0.00891. The maximum Gasteiger partial charge on any atom is 0.407 e. The fourth-order valence-corrected chi connectivity index (χ4v) is 3.41. The van der Waals surface area contributed by atoms with Gasteiger partial charge >= 0.3 is 6.09 Å². The lowest BCUT2D eigenvalue weighted by Gasteiger charge is -2.29. The Balaban J connectivity index is 1.45. The molecule has 0 atom stereocenters. The Hall–Kier alpha value is -3.16. The Morgan fingerprint density at radius 2 is 1.93 bits per heavy atom. The van der Waals surface area contributed by atoms with Crippen LogP contribution in [0.25, 0.3) is 16.9 Å². The third-order valence-electron chi connectivity index (χ3n) is 4.84. The third-order valence-corrected chi connectivity index (χ3v) is 4.84. The molecule has 4 rings (SSSR count). The molecular formula is C19H22N6O2. The molecule has 0 aliphatic heterocycles. The predicted molar refractivity (Wildman–Crippen MR) is 101 cm³/mol. The molecule has 3 aromatic rings. The van der Waals surface area contributed by atoms with E-state index in [0.717, 1.165) is 48.4 Å². The van der Waals surface area contributed by atoms with Crippen molar-refractivity contribution in [2.75, 3.05) is 12.4 Å². The van der Waals surface area contributed by atoms with Crippen molar-refractivity contribution in [1.82, 2.24) is 24.9 Å². The SMILES string of the molecule is CNC(=O)OC1CCC(Nc2ccc3ncc(-c4ccncc4)n3n2)CC1. The van der Waals surface area contributed by atoms with E-state index in [9.17, 15) is 4.79 Å². The zero-order valence-electron chi connectivity index (χ0n) is 15.1. The summed E-state index contributed by atoms with van der Waals surface area (Å²) in [6.07, 6.45) is 8.54. The lowest BCUT2D eigenvalue weighted by molar-refractivity contribution is 0.0747. The van der Waals surface area contributed by atoms with E-state index >= 15 is 0 Å². The molecule has 27 heavy (non-hydrogen) atoms. The summed E-state index contributed by atoms with van der Waals surface area (Å²) < 4.78 is 7.19. The minimum Gasteiger partial charge on any atom is -0.446 e. The van der Waals surface area contributed by atoms with Crippen LogP contribution in [0.2, 0.25) is 0 Å². The summed E-state index contributed by atoms with van der Waals surface area (Å²) in [5, 5.41) is 10.7. The number of aromatic nitrogens is 4. The first-order valence-electron chi connectivity index (χ1n) is 9.13. The van der Waals surface area contributed by atoms with E-state index in [4.69, 9.17) is 9.84 Å². The van der Waals surface area contributed by atoms with Crippen LogP contribution in [0.1, 0.15) is 25.7 Å². The number of hydrogen-bond donors (Lipinski definition) is 2. The molecule has 0 unspecified atom stereocenters. The van der Waals surface area contributed by atoms with Crippen LogP contribution in [0, 0.1) is 0 Å². The Bertz CT molecular complexity index is 918. The number of ether oxygens (including phenoxy) is 1. The molecule has 3 heterocycles. The molecular weight excluding hydrogens is 344 g/mol. The number of imidazole rings is 1. The maximum absolute atomic E-state index is 11.3. The normalized spacial score (nSPS) is 19.6. The molecule has 1 amide bonds. The number of pyridine rings is 1. The van der Waals surface area contributed by atoms with Gasteiger partial charge in [-0.25, -0.2) is 14.3 Å². The second-order valence-electron chi connectivity index (χ2n) is 6.64. The lowest BCUT2D eigenvalue weighted by Crippen LogP contribution is -2.33. The molecule has 140 valence electrons. The Labute approximate surface area is 157 Å². The summed E-state index contributed by atoms with van der Waals surface area (Å²) in [5.74, 6) is 0.812. The number of nitrogens with zero attached hydrogens (tertiary/aromatic N) is 4. The molecule has 1 aliphatic carbocycles. The van der Waals surface area contributed by atoms with Crippen LogP contribution in [-0.2, 0) is 4.74 Å². The van der Waals surface area contributed by atoms with E-state index in [2.05, 4.69) is 20.6 Å². The first kappa shape index (κ1) is 17.3. The fraction of sp³-hybridized carbons (Fsp3) is 0.368. The second-order valence-corrected chi connectivity index (χ2v) is 6.64. The molecule has 0 bridgehead atoms. The van der Waals surface area contributed by atoms with Gasteiger partial charge in [0.05, 0.1) is 11.9 Å². The van der Waals surface area contributed by atoms with Crippen LogP contribution in [0.4, 0.5) is 10.6 Å². The van der Waals surface area contributed by atoms with Gasteiger partial charge in [0.15, 0.2) is 5.65 Å². The molecule has 0 saturated heterocycles. The highest BCUT2D eigenvalue weighted by atomic mass is 16.6. The topological polar surface area (TPSA) is 93.4 Å². The molecule has 0 aromatic carbocycles. The van der Waals surface area contributed by atoms with Crippen LogP contribution in [-0.4, -0.2) is 44.9 Å². The van der Waals surface area contributed by atoms with Crippen molar-refractivity contribution in [2.24, 2.45) is 0 Å². The van der Waals surface area contributed by atoms with Gasteiger partial charge in [0.2, 0.25) is 0 Å². The van der Waals surface area contributed by atoms with Crippen molar-refractivity contribution in [1.29, 1.82) is 0 Å². The highest BCUT2D eigenvalue weighted by Crippen LogP contribution is 2.25. The van der Waals surface area contributed by atoms with E-state index in [-0.39, 0.29) is 12.2 Å². The first-order chi connectivity index (χ1) is 13.2. The number of anilines is 1. The van der Waals surface area contributed by atoms with E-state index < -0.39 is 0 Å². The van der Waals surface area contributed by atoms with Crippen molar-refractivity contribution in [2.45, 2.75) is 37.8 Å². The standard InChI is InChI=1S/C19H22N6O2/c1-20-19(26)27-15-4-2-14(3-5-15)23-17-6-7-18-22-12-16(25(18)24-17)13-8-10-21-11-9-13/h6-12,14-15H,2-5H2,1H3,(H,20,26)(H,23,24). The van der Waals surface area contributed by atoms with E-state index in [1.807, 2.05) is 35.0 Å². The summed E-state index contributed by atoms with van der Waals surface area (Å²) in [4.78, 5) is 19.8.